The normalized spacial score (nSPS) is 23.0. The Labute approximate surface area is 127 Å². The zero-order chi connectivity index (χ0) is 14.7. The Morgan fingerprint density at radius 2 is 2.10 bits per heavy atom. The van der Waals surface area contributed by atoms with Crippen LogP contribution < -0.4 is 10.2 Å². The summed E-state index contributed by atoms with van der Waals surface area (Å²) in [4.78, 5) is 9.00. The van der Waals surface area contributed by atoms with Gasteiger partial charge in [0.25, 0.3) is 0 Å². The minimum absolute atomic E-state index is 0.506. The molecule has 4 heteroatoms. The van der Waals surface area contributed by atoms with Crippen molar-refractivity contribution in [2.75, 3.05) is 11.4 Å². The molecule has 2 atom stereocenters. The highest BCUT2D eigenvalue weighted by molar-refractivity contribution is 7.15. The molecule has 3 nitrogen and oxygen atoms in total. The Balaban J connectivity index is 2.27. The molecule has 2 heterocycles. The van der Waals surface area contributed by atoms with Crippen LogP contribution >= 0.6 is 11.3 Å². The fraction of sp³-hybridized carbons (Fsp3) is 0.812. The van der Waals surface area contributed by atoms with E-state index in [0.717, 1.165) is 13.1 Å². The van der Waals surface area contributed by atoms with Gasteiger partial charge in [0.2, 0.25) is 0 Å². The Hall–Kier alpha value is -0.610. The van der Waals surface area contributed by atoms with Crippen LogP contribution in [0, 0.1) is 0 Å². The van der Waals surface area contributed by atoms with Gasteiger partial charge in [0.05, 0.1) is 5.69 Å². The van der Waals surface area contributed by atoms with Crippen LogP contribution in [0.5, 0.6) is 0 Å². The van der Waals surface area contributed by atoms with E-state index in [1.807, 2.05) is 11.3 Å². The van der Waals surface area contributed by atoms with E-state index in [2.05, 4.69) is 44.8 Å². The summed E-state index contributed by atoms with van der Waals surface area (Å²) in [6.07, 6.45) is 3.85. The molecule has 0 amide bonds. The van der Waals surface area contributed by atoms with Gasteiger partial charge in [0, 0.05) is 23.5 Å². The highest BCUT2D eigenvalue weighted by Crippen LogP contribution is 2.37. The Morgan fingerprint density at radius 1 is 1.35 bits per heavy atom. The number of thiazole rings is 1. The molecule has 2 unspecified atom stereocenters. The van der Waals surface area contributed by atoms with E-state index in [0.29, 0.717) is 18.0 Å². The highest BCUT2D eigenvalue weighted by atomic mass is 32.1. The second-order valence-corrected chi connectivity index (χ2v) is 7.20. The average molecular weight is 295 g/mol. The lowest BCUT2D eigenvalue weighted by atomic mass is 10.1. The predicted molar refractivity (Wildman–Crippen MR) is 88.8 cm³/mol. The van der Waals surface area contributed by atoms with Crippen molar-refractivity contribution in [3.63, 3.8) is 0 Å². The summed E-state index contributed by atoms with van der Waals surface area (Å²) in [6, 6.07) is 1.32. The first-order chi connectivity index (χ1) is 9.58. The standard InChI is InChI=1S/C16H29N3S/c1-6-13-9-8-12(5)19(13)16-18-15(11(3)4)14(20-16)10-17-7-2/h11-13,17H,6-10H2,1-5H3. The van der Waals surface area contributed by atoms with E-state index in [9.17, 15) is 0 Å². The molecule has 0 radical (unpaired) electrons. The van der Waals surface area contributed by atoms with Crippen LogP contribution in [-0.2, 0) is 6.54 Å². The second kappa shape index (κ2) is 6.90. The van der Waals surface area contributed by atoms with Gasteiger partial charge >= 0.3 is 0 Å². The third-order valence-electron chi connectivity index (χ3n) is 4.28. The van der Waals surface area contributed by atoms with Gasteiger partial charge in [-0.25, -0.2) is 4.98 Å². The quantitative estimate of drug-likeness (QED) is 0.855. The molecule has 114 valence electrons. The number of rotatable bonds is 6. The largest absolute Gasteiger partial charge is 0.342 e. The molecular weight excluding hydrogens is 266 g/mol. The summed E-state index contributed by atoms with van der Waals surface area (Å²) in [7, 11) is 0. The third kappa shape index (κ3) is 3.17. The first-order valence-corrected chi connectivity index (χ1v) is 8.88. The van der Waals surface area contributed by atoms with Crippen LogP contribution in [0.25, 0.3) is 0 Å². The maximum Gasteiger partial charge on any atom is 0.186 e. The first-order valence-electron chi connectivity index (χ1n) is 8.07. The number of hydrogen-bond donors (Lipinski definition) is 1. The summed E-state index contributed by atoms with van der Waals surface area (Å²) in [6.45, 7) is 13.3. The Bertz CT molecular complexity index is 427. The highest BCUT2D eigenvalue weighted by Gasteiger charge is 2.32. The molecule has 1 aromatic rings. The Kier molecular flexibility index (Phi) is 5.44. The molecule has 1 aliphatic heterocycles. The number of anilines is 1. The van der Waals surface area contributed by atoms with Gasteiger partial charge in [-0.1, -0.05) is 27.7 Å². The van der Waals surface area contributed by atoms with E-state index >= 15 is 0 Å². The van der Waals surface area contributed by atoms with Crippen LogP contribution in [-0.4, -0.2) is 23.6 Å². The smallest absolute Gasteiger partial charge is 0.186 e. The number of nitrogens with one attached hydrogen (secondary N) is 1. The molecule has 0 bridgehead atoms. The maximum atomic E-state index is 5.00. The summed E-state index contributed by atoms with van der Waals surface area (Å²) >= 11 is 1.90. The van der Waals surface area contributed by atoms with Gasteiger partial charge in [-0.05, 0) is 38.6 Å². The van der Waals surface area contributed by atoms with E-state index in [4.69, 9.17) is 4.98 Å². The van der Waals surface area contributed by atoms with Gasteiger partial charge in [0.1, 0.15) is 0 Å². The SMILES string of the molecule is CCNCc1sc(N2C(C)CCC2CC)nc1C(C)C. The number of aromatic nitrogens is 1. The van der Waals surface area contributed by atoms with Crippen LogP contribution in [0.3, 0.4) is 0 Å². The predicted octanol–water partition coefficient (Wildman–Crippen LogP) is 4.14. The summed E-state index contributed by atoms with van der Waals surface area (Å²) < 4.78 is 0. The molecule has 0 spiro atoms. The number of nitrogens with zero attached hydrogens (tertiary/aromatic N) is 2. The molecule has 20 heavy (non-hydrogen) atoms. The first kappa shape index (κ1) is 15.8. The van der Waals surface area contributed by atoms with Crippen LogP contribution in [0.2, 0.25) is 0 Å². The molecule has 1 fully saturated rings. The lowest BCUT2D eigenvalue weighted by Crippen LogP contribution is -2.33. The Morgan fingerprint density at radius 3 is 2.70 bits per heavy atom. The zero-order valence-corrected chi connectivity index (χ0v) is 14.4. The molecule has 2 rings (SSSR count). The van der Waals surface area contributed by atoms with Crippen molar-refractivity contribution in [3.05, 3.63) is 10.6 Å². The van der Waals surface area contributed by atoms with Crippen LogP contribution in [0.4, 0.5) is 5.13 Å². The zero-order valence-electron chi connectivity index (χ0n) is 13.6. The van der Waals surface area contributed by atoms with Crippen molar-refractivity contribution >= 4 is 16.5 Å². The minimum atomic E-state index is 0.506. The van der Waals surface area contributed by atoms with Crippen molar-refractivity contribution < 1.29 is 0 Å². The van der Waals surface area contributed by atoms with Crippen molar-refractivity contribution in [3.8, 4) is 0 Å². The molecule has 1 aromatic heterocycles. The van der Waals surface area contributed by atoms with E-state index in [1.54, 1.807) is 0 Å². The molecule has 0 aliphatic carbocycles. The molecular formula is C16H29N3S. The van der Waals surface area contributed by atoms with E-state index < -0.39 is 0 Å². The van der Waals surface area contributed by atoms with Crippen molar-refractivity contribution in [2.45, 2.75) is 78.4 Å². The summed E-state index contributed by atoms with van der Waals surface area (Å²) in [5.74, 6) is 0.506. The van der Waals surface area contributed by atoms with E-state index in [1.165, 1.54) is 35.0 Å². The summed E-state index contributed by atoms with van der Waals surface area (Å²) in [5.41, 5.74) is 1.29. The molecule has 1 aliphatic rings. The molecule has 0 aromatic carbocycles. The topological polar surface area (TPSA) is 28.2 Å². The molecule has 1 N–H and O–H groups in total. The van der Waals surface area contributed by atoms with Gasteiger partial charge in [-0.3, -0.25) is 0 Å². The van der Waals surface area contributed by atoms with Crippen molar-refractivity contribution in [2.24, 2.45) is 0 Å². The number of hydrogen-bond acceptors (Lipinski definition) is 4. The molecule has 1 saturated heterocycles. The van der Waals surface area contributed by atoms with Gasteiger partial charge in [-0.15, -0.1) is 11.3 Å². The maximum absolute atomic E-state index is 5.00. The lowest BCUT2D eigenvalue weighted by molar-refractivity contribution is 0.624. The summed E-state index contributed by atoms with van der Waals surface area (Å²) in [5, 5.41) is 4.70. The van der Waals surface area contributed by atoms with Gasteiger partial charge < -0.3 is 10.2 Å². The van der Waals surface area contributed by atoms with E-state index in [-0.39, 0.29) is 0 Å². The second-order valence-electron chi connectivity index (χ2n) is 6.14. The van der Waals surface area contributed by atoms with Gasteiger partial charge in [-0.2, -0.15) is 0 Å². The fourth-order valence-electron chi connectivity index (χ4n) is 3.09. The monoisotopic (exact) mass is 295 g/mol. The van der Waals surface area contributed by atoms with Crippen LogP contribution in [0.1, 0.15) is 70.4 Å². The average Bonchev–Trinajstić information content (AvgIpc) is 2.99. The van der Waals surface area contributed by atoms with Crippen molar-refractivity contribution in [1.29, 1.82) is 0 Å². The van der Waals surface area contributed by atoms with Crippen LogP contribution in [0.15, 0.2) is 0 Å². The minimum Gasteiger partial charge on any atom is -0.342 e. The van der Waals surface area contributed by atoms with Crippen molar-refractivity contribution in [1.82, 2.24) is 10.3 Å². The molecule has 0 saturated carbocycles. The fourth-order valence-corrected chi connectivity index (χ4v) is 4.45. The lowest BCUT2D eigenvalue weighted by Gasteiger charge is -2.27. The third-order valence-corrected chi connectivity index (χ3v) is 5.36. The van der Waals surface area contributed by atoms with Gasteiger partial charge in [0.15, 0.2) is 5.13 Å².